The van der Waals surface area contributed by atoms with E-state index in [1.807, 2.05) is 43.3 Å². The van der Waals surface area contributed by atoms with E-state index >= 15 is 0 Å². The standard InChI is InChI=1S/C34H42N4O3/c1-21-7-6-8-24(37-21)11-13-29(40)34(41)15-14-26-25-12-10-23-17-27(38-30-9-4-5-16-36-30)22(20-35)18-32(23,2)31(25)28(39)19-33(26,34)3/h4-9,16-17,20,22,25-26,28,31,35,39,41H,10-15,18-19H2,1-3H3. The fourth-order valence-corrected chi connectivity index (χ4v) is 9.29. The molecule has 8 unspecified atom stereocenters. The van der Waals surface area contributed by atoms with Crippen molar-refractivity contribution in [3.8, 4) is 0 Å². The van der Waals surface area contributed by atoms with Crippen molar-refractivity contribution in [2.75, 3.05) is 0 Å². The molecular weight excluding hydrogens is 512 g/mol. The zero-order valence-electron chi connectivity index (χ0n) is 24.4. The van der Waals surface area contributed by atoms with Crippen molar-refractivity contribution in [2.24, 2.45) is 39.5 Å². The van der Waals surface area contributed by atoms with E-state index in [-0.39, 0.29) is 41.3 Å². The van der Waals surface area contributed by atoms with Gasteiger partial charge >= 0.3 is 0 Å². The third-order valence-electron chi connectivity index (χ3n) is 11.3. The molecule has 7 heteroatoms. The molecule has 0 saturated heterocycles. The summed E-state index contributed by atoms with van der Waals surface area (Å²) in [6, 6.07) is 11.5. The van der Waals surface area contributed by atoms with Crippen molar-refractivity contribution >= 4 is 23.5 Å². The normalized spacial score (nSPS) is 38.9. The quantitative estimate of drug-likeness (QED) is 0.402. The topological polar surface area (TPSA) is 120 Å². The number of aromatic nitrogens is 2. The monoisotopic (exact) mass is 554 g/mol. The maximum Gasteiger partial charge on any atom is 0.165 e. The van der Waals surface area contributed by atoms with Gasteiger partial charge in [0.2, 0.25) is 0 Å². The molecule has 2 heterocycles. The Kier molecular flexibility index (Phi) is 7.10. The van der Waals surface area contributed by atoms with Gasteiger partial charge in [-0.15, -0.1) is 0 Å². The van der Waals surface area contributed by atoms with E-state index < -0.39 is 17.1 Å². The molecular formula is C34H42N4O3. The van der Waals surface area contributed by atoms with Crippen molar-refractivity contribution in [3.05, 3.63) is 65.6 Å². The summed E-state index contributed by atoms with van der Waals surface area (Å²) in [6.45, 7) is 6.26. The Morgan fingerprint density at radius 3 is 2.73 bits per heavy atom. The molecule has 2 aromatic rings. The third-order valence-corrected chi connectivity index (χ3v) is 11.3. The van der Waals surface area contributed by atoms with E-state index in [2.05, 4.69) is 29.9 Å². The molecule has 0 radical (unpaired) electrons. The number of Topliss-reactive ketones (excluding diaryl/α,β-unsaturated/α-hetero) is 1. The van der Waals surface area contributed by atoms with Crippen molar-refractivity contribution < 1.29 is 15.0 Å². The molecule has 41 heavy (non-hydrogen) atoms. The second-order valence-corrected chi connectivity index (χ2v) is 13.4. The van der Waals surface area contributed by atoms with Crippen molar-refractivity contribution in [1.82, 2.24) is 9.97 Å². The van der Waals surface area contributed by atoms with Crippen LogP contribution in [0.4, 0.5) is 5.82 Å². The molecule has 0 spiro atoms. The predicted octanol–water partition coefficient (Wildman–Crippen LogP) is 5.60. The third kappa shape index (κ3) is 4.52. The number of aryl methyl sites for hydroxylation is 2. The first-order valence-electron chi connectivity index (χ1n) is 15.2. The molecule has 3 N–H and O–H groups in total. The highest BCUT2D eigenvalue weighted by Gasteiger charge is 2.68. The largest absolute Gasteiger partial charge is 0.393 e. The summed E-state index contributed by atoms with van der Waals surface area (Å²) in [7, 11) is 0. The number of carbonyl (C=O) groups is 1. The Bertz CT molecular complexity index is 1410. The van der Waals surface area contributed by atoms with E-state index in [9.17, 15) is 15.0 Å². The maximum atomic E-state index is 13.7. The van der Waals surface area contributed by atoms with Crippen LogP contribution in [0.3, 0.4) is 0 Å². The van der Waals surface area contributed by atoms with Gasteiger partial charge in [0.1, 0.15) is 5.60 Å². The number of rotatable bonds is 6. The Hall–Kier alpha value is -3.03. The molecule has 6 rings (SSSR count). The molecule has 0 bridgehead atoms. The highest BCUT2D eigenvalue weighted by molar-refractivity contribution is 6.07. The molecule has 4 aliphatic carbocycles. The number of aliphatic hydroxyl groups excluding tert-OH is 1. The minimum absolute atomic E-state index is 0.0216. The summed E-state index contributed by atoms with van der Waals surface area (Å²) < 4.78 is 0. The molecule has 3 fully saturated rings. The van der Waals surface area contributed by atoms with Gasteiger partial charge in [0.15, 0.2) is 11.6 Å². The zero-order valence-corrected chi connectivity index (χ0v) is 24.4. The van der Waals surface area contributed by atoms with Crippen molar-refractivity contribution in [2.45, 2.75) is 83.8 Å². The number of allylic oxidation sites excluding steroid dienone is 2. The first-order chi connectivity index (χ1) is 19.6. The molecule has 7 nitrogen and oxygen atoms in total. The number of hydrogen-bond acceptors (Lipinski definition) is 7. The lowest BCUT2D eigenvalue weighted by atomic mass is 9.44. The Morgan fingerprint density at radius 1 is 1.17 bits per heavy atom. The summed E-state index contributed by atoms with van der Waals surface area (Å²) in [5, 5.41) is 32.2. The Morgan fingerprint density at radius 2 is 2.00 bits per heavy atom. The molecule has 4 aliphatic rings. The second-order valence-electron chi connectivity index (χ2n) is 13.4. The summed E-state index contributed by atoms with van der Waals surface area (Å²) in [6.07, 6.45) is 9.72. The van der Waals surface area contributed by atoms with Crippen LogP contribution in [0.15, 0.2) is 59.2 Å². The molecule has 8 atom stereocenters. The molecule has 216 valence electrons. The number of ketones is 1. The lowest BCUT2D eigenvalue weighted by Gasteiger charge is -2.61. The average molecular weight is 555 g/mol. The average Bonchev–Trinajstić information content (AvgIpc) is 3.22. The van der Waals surface area contributed by atoms with Gasteiger partial charge in [0.05, 0.1) is 11.8 Å². The Labute approximate surface area is 242 Å². The van der Waals surface area contributed by atoms with Gasteiger partial charge in [-0.05, 0) is 105 Å². The number of hydrogen-bond donors (Lipinski definition) is 3. The highest BCUT2D eigenvalue weighted by atomic mass is 16.3. The molecule has 2 aromatic heterocycles. The maximum absolute atomic E-state index is 13.7. The van der Waals surface area contributed by atoms with Crippen LogP contribution in [0.5, 0.6) is 0 Å². The van der Waals surface area contributed by atoms with E-state index in [1.165, 1.54) is 11.8 Å². The van der Waals surface area contributed by atoms with Crippen molar-refractivity contribution in [3.63, 3.8) is 0 Å². The van der Waals surface area contributed by atoms with Crippen LogP contribution >= 0.6 is 0 Å². The molecule has 0 aromatic carbocycles. The van der Waals surface area contributed by atoms with Crippen LogP contribution in [0.25, 0.3) is 0 Å². The number of nitrogens with zero attached hydrogens (tertiary/aromatic N) is 3. The number of carbonyl (C=O) groups excluding carboxylic acids is 1. The highest BCUT2D eigenvalue weighted by Crippen LogP contribution is 2.68. The number of nitrogens with one attached hydrogen (secondary N) is 1. The number of aliphatic imine (C=N–C) groups is 1. The van der Waals surface area contributed by atoms with Crippen molar-refractivity contribution in [1.29, 1.82) is 5.41 Å². The van der Waals surface area contributed by atoms with Crippen LogP contribution in [-0.4, -0.2) is 49.6 Å². The molecule has 3 saturated carbocycles. The SMILES string of the molecule is Cc1cccc(CCC(=O)C2(O)CCC3C4CCC5=CC(=Nc6ccccn6)C(C=N)CC5(C)C4C(O)CC32C)n1. The first kappa shape index (κ1) is 28.1. The van der Waals surface area contributed by atoms with E-state index in [0.29, 0.717) is 25.1 Å². The summed E-state index contributed by atoms with van der Waals surface area (Å²) >= 11 is 0. The number of fused-ring (bicyclic) bond motifs is 5. The fraction of sp³-hybridized carbons (Fsp3) is 0.559. The summed E-state index contributed by atoms with van der Waals surface area (Å²) in [5.74, 6) is 0.783. The van der Waals surface area contributed by atoms with E-state index in [1.54, 1.807) is 6.20 Å². The lowest BCUT2D eigenvalue weighted by molar-refractivity contribution is -0.180. The van der Waals surface area contributed by atoms with Crippen LogP contribution in [0, 0.1) is 46.8 Å². The van der Waals surface area contributed by atoms with Gasteiger partial charge in [-0.1, -0.05) is 31.6 Å². The minimum Gasteiger partial charge on any atom is -0.393 e. The van der Waals surface area contributed by atoms with Gasteiger partial charge in [0, 0.05) is 41.6 Å². The summed E-state index contributed by atoms with van der Waals surface area (Å²) in [4.78, 5) is 27.4. The van der Waals surface area contributed by atoms with Crippen LogP contribution in [0.2, 0.25) is 0 Å². The van der Waals surface area contributed by atoms with Crippen LogP contribution in [0.1, 0.15) is 70.2 Å². The second kappa shape index (κ2) is 10.4. The van der Waals surface area contributed by atoms with Gasteiger partial charge < -0.3 is 15.6 Å². The summed E-state index contributed by atoms with van der Waals surface area (Å²) in [5.41, 5.74) is 1.59. The van der Waals surface area contributed by atoms with Gasteiger partial charge in [-0.3, -0.25) is 9.78 Å². The molecule has 0 aliphatic heterocycles. The fourth-order valence-electron chi connectivity index (χ4n) is 9.29. The molecule has 0 amide bonds. The van der Waals surface area contributed by atoms with Gasteiger partial charge in [-0.2, -0.15) is 0 Å². The minimum atomic E-state index is -1.43. The Balaban J connectivity index is 1.26. The number of aliphatic hydroxyl groups is 2. The van der Waals surface area contributed by atoms with Gasteiger partial charge in [-0.25, -0.2) is 9.98 Å². The van der Waals surface area contributed by atoms with Crippen LogP contribution < -0.4 is 0 Å². The lowest BCUT2D eigenvalue weighted by Crippen LogP contribution is -2.62. The predicted molar refractivity (Wildman–Crippen MR) is 159 cm³/mol. The van der Waals surface area contributed by atoms with E-state index in [4.69, 9.17) is 10.4 Å². The first-order valence-corrected chi connectivity index (χ1v) is 15.2. The zero-order chi connectivity index (χ0) is 29.0. The smallest absolute Gasteiger partial charge is 0.165 e. The van der Waals surface area contributed by atoms with Crippen LogP contribution in [-0.2, 0) is 11.2 Å². The number of pyridine rings is 2. The van der Waals surface area contributed by atoms with E-state index in [0.717, 1.165) is 42.8 Å². The van der Waals surface area contributed by atoms with Gasteiger partial charge in [0.25, 0.3) is 0 Å².